The van der Waals surface area contributed by atoms with Crippen molar-refractivity contribution in [2.45, 2.75) is 0 Å². The first-order chi connectivity index (χ1) is 19.2. The minimum Gasteiger partial charge on any atom is -0.456 e. The third kappa shape index (κ3) is 10.5. The molecule has 0 radical (unpaired) electrons. The van der Waals surface area contributed by atoms with Gasteiger partial charge in [-0.05, 0) is 142 Å². The van der Waals surface area contributed by atoms with Gasteiger partial charge in [0.1, 0.15) is 11.5 Å². The van der Waals surface area contributed by atoms with Crippen LogP contribution in [0.25, 0.3) is 0 Å². The number of hydrogen-bond acceptors (Lipinski definition) is 1. The van der Waals surface area contributed by atoms with Gasteiger partial charge >= 0.3 is 0 Å². The molecule has 0 amide bonds. The first kappa shape index (κ1) is 29.1. The normalized spacial score (nSPS) is 7.23. The van der Waals surface area contributed by atoms with Gasteiger partial charge in [0, 0.05) is 10.6 Å². The van der Waals surface area contributed by atoms with Gasteiger partial charge in [-0.25, -0.2) is 0 Å². The Balaban J connectivity index is 2.63. The molecule has 0 saturated heterocycles. The Labute approximate surface area is 233 Å². The van der Waals surface area contributed by atoms with Crippen molar-refractivity contribution in [1.29, 1.82) is 0 Å². The summed E-state index contributed by atoms with van der Waals surface area (Å²) in [5.41, 5.74) is 12.2. The fourth-order valence-corrected chi connectivity index (χ4v) is 4.89. The molecule has 0 N–H and O–H groups in total. The third-order valence-corrected chi connectivity index (χ3v) is 6.94. The SMILES string of the molecule is C#CC#CC#CP(C#CC#CC#C)c1ccccc1Oc1ccccc1P(C#CC#CC#C)C#CC#CC#C. The molecule has 0 aliphatic carbocycles. The van der Waals surface area contributed by atoms with Crippen molar-refractivity contribution in [3.8, 4) is 155 Å². The molecular weight excluding hydrogens is 510 g/mol. The maximum absolute atomic E-state index is 6.40. The van der Waals surface area contributed by atoms with Crippen LogP contribution in [0.2, 0.25) is 0 Å². The van der Waals surface area contributed by atoms with Crippen LogP contribution in [0, 0.1) is 143 Å². The van der Waals surface area contributed by atoms with Crippen LogP contribution in [0.15, 0.2) is 48.5 Å². The summed E-state index contributed by atoms with van der Waals surface area (Å²) in [6.45, 7) is 0. The van der Waals surface area contributed by atoms with Crippen LogP contribution in [0.1, 0.15) is 0 Å². The van der Waals surface area contributed by atoms with Gasteiger partial charge in [-0.3, -0.25) is 0 Å². The molecule has 0 aliphatic rings. The predicted octanol–water partition coefficient (Wildman–Crippen LogP) is 4.08. The van der Waals surface area contributed by atoms with Crippen LogP contribution in [0.5, 0.6) is 11.5 Å². The summed E-state index contributed by atoms with van der Waals surface area (Å²) in [5, 5.41) is 1.52. The molecule has 0 aliphatic heterocycles. The zero-order chi connectivity index (χ0) is 28.0. The molecule has 0 heterocycles. The second-order valence-corrected chi connectivity index (χ2v) is 9.43. The topological polar surface area (TPSA) is 9.23 Å². The molecule has 2 rings (SSSR count). The average Bonchev–Trinajstić information content (AvgIpc) is 2.96. The van der Waals surface area contributed by atoms with Crippen LogP contribution < -0.4 is 15.3 Å². The summed E-state index contributed by atoms with van der Waals surface area (Å²) in [6, 6.07) is 14.8. The van der Waals surface area contributed by atoms with E-state index in [9.17, 15) is 0 Å². The molecule has 1 nitrogen and oxygen atoms in total. The number of terminal acetylenes is 4. The molecule has 3 heteroatoms. The molecule has 2 aromatic rings. The fourth-order valence-electron chi connectivity index (χ4n) is 2.48. The lowest BCUT2D eigenvalue weighted by Crippen LogP contribution is -2.08. The zero-order valence-corrected chi connectivity index (χ0v) is 22.0. The highest BCUT2D eigenvalue weighted by Crippen LogP contribution is 2.39. The number of ether oxygens (including phenoxy) is 1. The van der Waals surface area contributed by atoms with Gasteiger partial charge in [0.25, 0.3) is 0 Å². The highest BCUT2D eigenvalue weighted by molar-refractivity contribution is 7.75. The number of rotatable bonds is 4. The van der Waals surface area contributed by atoms with Gasteiger partial charge in [0.2, 0.25) is 0 Å². The minimum atomic E-state index is -1.37. The maximum Gasteiger partial charge on any atom is 0.137 e. The molecule has 39 heavy (non-hydrogen) atoms. The number of benzene rings is 2. The van der Waals surface area contributed by atoms with E-state index in [4.69, 9.17) is 30.4 Å². The van der Waals surface area contributed by atoms with Crippen LogP contribution in [0.4, 0.5) is 0 Å². The van der Waals surface area contributed by atoms with Gasteiger partial charge in [0.05, 0.1) is 15.8 Å². The summed E-state index contributed by atoms with van der Waals surface area (Å²) < 4.78 is 6.40. The van der Waals surface area contributed by atoms with Crippen molar-refractivity contribution in [2.24, 2.45) is 0 Å². The van der Waals surface area contributed by atoms with E-state index in [2.05, 4.69) is 117 Å². The Kier molecular flexibility index (Phi) is 13.5. The Morgan fingerprint density at radius 3 is 1.03 bits per heavy atom. The van der Waals surface area contributed by atoms with Gasteiger partial charge < -0.3 is 4.74 Å². The van der Waals surface area contributed by atoms with Crippen LogP contribution in [-0.4, -0.2) is 0 Å². The monoisotopic (exact) mass is 522 g/mol. The summed E-state index contributed by atoms with van der Waals surface area (Å²) >= 11 is 0. The largest absolute Gasteiger partial charge is 0.456 e. The van der Waals surface area contributed by atoms with E-state index in [0.29, 0.717) is 11.5 Å². The van der Waals surface area contributed by atoms with E-state index in [1.807, 2.05) is 48.5 Å². The predicted molar refractivity (Wildman–Crippen MR) is 164 cm³/mol. The number of para-hydroxylation sites is 2. The minimum absolute atomic E-state index is 0.546. The molecule has 0 aromatic heterocycles. The summed E-state index contributed by atoms with van der Waals surface area (Å²) in [4.78, 5) is 0. The van der Waals surface area contributed by atoms with Crippen molar-refractivity contribution in [3.05, 3.63) is 48.5 Å². The lowest BCUT2D eigenvalue weighted by molar-refractivity contribution is 0.491. The Morgan fingerprint density at radius 2 is 0.718 bits per heavy atom. The summed E-state index contributed by atoms with van der Waals surface area (Å²) in [5.74, 6) is 41.3. The van der Waals surface area contributed by atoms with E-state index < -0.39 is 15.8 Å². The van der Waals surface area contributed by atoms with E-state index in [1.165, 1.54) is 0 Å². The summed E-state index contributed by atoms with van der Waals surface area (Å²) in [6.07, 6.45) is 20.8. The van der Waals surface area contributed by atoms with Crippen molar-refractivity contribution < 1.29 is 4.74 Å². The highest BCUT2D eigenvalue weighted by Gasteiger charge is 2.17. The van der Waals surface area contributed by atoms with Gasteiger partial charge in [-0.15, -0.1) is 25.7 Å². The van der Waals surface area contributed by atoms with Crippen molar-refractivity contribution in [3.63, 3.8) is 0 Å². The Bertz CT molecular complexity index is 1700. The average molecular weight is 522 g/mol. The van der Waals surface area contributed by atoms with Crippen molar-refractivity contribution in [2.75, 3.05) is 0 Å². The van der Waals surface area contributed by atoms with Crippen LogP contribution in [-0.2, 0) is 0 Å². The molecule has 0 unspecified atom stereocenters. The lowest BCUT2D eigenvalue weighted by Gasteiger charge is -2.16. The van der Waals surface area contributed by atoms with Gasteiger partial charge in [0.15, 0.2) is 0 Å². The Morgan fingerprint density at radius 1 is 0.410 bits per heavy atom. The standard InChI is InChI=1S/C36H12OP2/c1-5-9-13-21-29-38(30-22-14-10-6-2)35-27-19-17-25-33(35)37-34-26-18-20-28-36(34)39(31-23-15-11-7-3)32-24-16-12-8-4/h1-4,17-20,25-28H. The molecule has 0 saturated carbocycles. The first-order valence-electron chi connectivity index (χ1n) is 10.6. The second kappa shape index (κ2) is 18.1. The van der Waals surface area contributed by atoms with Gasteiger partial charge in [-0.1, -0.05) is 24.3 Å². The van der Waals surface area contributed by atoms with E-state index in [1.54, 1.807) is 0 Å². The third-order valence-electron chi connectivity index (χ3n) is 3.89. The van der Waals surface area contributed by atoms with E-state index in [-0.39, 0.29) is 0 Å². The van der Waals surface area contributed by atoms with E-state index in [0.717, 1.165) is 10.6 Å². The molecule has 2 aromatic carbocycles. The molecule has 0 atom stereocenters. The quantitative estimate of drug-likeness (QED) is 0.435. The maximum atomic E-state index is 6.40. The molecule has 0 bridgehead atoms. The van der Waals surface area contributed by atoms with E-state index >= 15 is 0 Å². The molecule has 172 valence electrons. The summed E-state index contributed by atoms with van der Waals surface area (Å²) in [7, 11) is -2.74. The van der Waals surface area contributed by atoms with Crippen LogP contribution in [0.3, 0.4) is 0 Å². The molecule has 0 spiro atoms. The van der Waals surface area contributed by atoms with Crippen LogP contribution >= 0.6 is 15.8 Å². The zero-order valence-electron chi connectivity index (χ0n) is 20.2. The fraction of sp³-hybridized carbons (Fsp3) is 0. The highest BCUT2D eigenvalue weighted by atomic mass is 31.1. The molecular formula is C36H12OP2. The second-order valence-electron chi connectivity index (χ2n) is 6.23. The lowest BCUT2D eigenvalue weighted by atomic mass is 10.3. The smallest absolute Gasteiger partial charge is 0.137 e. The first-order valence-corrected chi connectivity index (χ1v) is 13.2. The molecule has 0 fully saturated rings. The van der Waals surface area contributed by atoms with Crippen molar-refractivity contribution >= 4 is 26.5 Å². The Hall–Kier alpha value is -6.18. The van der Waals surface area contributed by atoms with Crippen molar-refractivity contribution in [1.82, 2.24) is 0 Å². The van der Waals surface area contributed by atoms with Gasteiger partial charge in [-0.2, -0.15) is 0 Å². The number of hydrogen-bond donors (Lipinski definition) is 0.